The molecular formula is C12H13FO2. The SMILES string of the molecule is FC=C1OCC[C@H]1OCc1ccccc1. The Balaban J connectivity index is 1.88. The molecule has 0 aliphatic carbocycles. The number of halogens is 1. The van der Waals surface area contributed by atoms with E-state index in [1.165, 1.54) is 0 Å². The minimum atomic E-state index is -0.227. The van der Waals surface area contributed by atoms with E-state index in [1.807, 2.05) is 30.3 Å². The summed E-state index contributed by atoms with van der Waals surface area (Å²) in [4.78, 5) is 0. The number of ether oxygens (including phenoxy) is 2. The average Bonchev–Trinajstić information content (AvgIpc) is 2.75. The van der Waals surface area contributed by atoms with Gasteiger partial charge in [-0.1, -0.05) is 30.3 Å². The fourth-order valence-corrected chi connectivity index (χ4v) is 1.56. The van der Waals surface area contributed by atoms with Gasteiger partial charge in [0, 0.05) is 6.42 Å². The van der Waals surface area contributed by atoms with Gasteiger partial charge in [-0.15, -0.1) is 0 Å². The maximum absolute atomic E-state index is 12.3. The molecule has 0 unspecified atom stereocenters. The molecule has 0 saturated carbocycles. The summed E-state index contributed by atoms with van der Waals surface area (Å²) in [6.07, 6.45) is 0.987. The fourth-order valence-electron chi connectivity index (χ4n) is 1.56. The Bertz CT molecular complexity index is 335. The lowest BCUT2D eigenvalue weighted by molar-refractivity contribution is 0.0602. The summed E-state index contributed by atoms with van der Waals surface area (Å²) in [5, 5.41) is 0. The van der Waals surface area contributed by atoms with Crippen LogP contribution >= 0.6 is 0 Å². The summed E-state index contributed by atoms with van der Waals surface area (Å²) in [5.41, 5.74) is 1.09. The third kappa shape index (κ3) is 2.57. The van der Waals surface area contributed by atoms with Crippen molar-refractivity contribution in [2.75, 3.05) is 6.61 Å². The zero-order valence-electron chi connectivity index (χ0n) is 8.36. The predicted molar refractivity (Wildman–Crippen MR) is 54.8 cm³/mol. The van der Waals surface area contributed by atoms with Crippen molar-refractivity contribution in [3.8, 4) is 0 Å². The van der Waals surface area contributed by atoms with Gasteiger partial charge in [-0.25, -0.2) is 4.39 Å². The highest BCUT2D eigenvalue weighted by Crippen LogP contribution is 2.21. The first-order chi connectivity index (χ1) is 7.40. The normalized spacial score (nSPS) is 23.0. The van der Waals surface area contributed by atoms with E-state index in [4.69, 9.17) is 9.47 Å². The van der Waals surface area contributed by atoms with Gasteiger partial charge in [0.2, 0.25) is 0 Å². The third-order valence-electron chi connectivity index (χ3n) is 2.37. The van der Waals surface area contributed by atoms with Crippen LogP contribution in [-0.2, 0) is 16.1 Å². The lowest BCUT2D eigenvalue weighted by atomic mass is 10.2. The summed E-state index contributed by atoms with van der Waals surface area (Å²) in [5.74, 6) is 0.311. The van der Waals surface area contributed by atoms with Gasteiger partial charge in [0.15, 0.2) is 5.76 Å². The summed E-state index contributed by atoms with van der Waals surface area (Å²) in [7, 11) is 0. The van der Waals surface area contributed by atoms with E-state index in [1.54, 1.807) is 0 Å². The molecule has 1 aromatic rings. The first kappa shape index (κ1) is 10.2. The van der Waals surface area contributed by atoms with E-state index in [2.05, 4.69) is 0 Å². The first-order valence-electron chi connectivity index (χ1n) is 4.99. The van der Waals surface area contributed by atoms with Gasteiger partial charge >= 0.3 is 0 Å². The largest absolute Gasteiger partial charge is 0.493 e. The third-order valence-corrected chi connectivity index (χ3v) is 2.37. The van der Waals surface area contributed by atoms with Gasteiger partial charge in [0.25, 0.3) is 0 Å². The summed E-state index contributed by atoms with van der Waals surface area (Å²) in [6.45, 7) is 1.03. The Labute approximate surface area is 88.3 Å². The number of benzene rings is 1. The number of rotatable bonds is 3. The molecule has 0 spiro atoms. The highest BCUT2D eigenvalue weighted by molar-refractivity contribution is 5.13. The Morgan fingerprint density at radius 1 is 1.40 bits per heavy atom. The highest BCUT2D eigenvalue weighted by atomic mass is 19.1. The van der Waals surface area contributed by atoms with Crippen LogP contribution in [0.3, 0.4) is 0 Å². The van der Waals surface area contributed by atoms with Gasteiger partial charge in [-0.3, -0.25) is 0 Å². The minimum absolute atomic E-state index is 0.227. The second-order valence-corrected chi connectivity index (χ2v) is 3.43. The summed E-state index contributed by atoms with van der Waals surface area (Å²) in [6, 6.07) is 9.82. The lowest BCUT2D eigenvalue weighted by Crippen LogP contribution is -2.10. The summed E-state index contributed by atoms with van der Waals surface area (Å²) >= 11 is 0. The van der Waals surface area contributed by atoms with Crippen LogP contribution < -0.4 is 0 Å². The molecule has 0 amide bonds. The molecule has 0 aromatic heterocycles. The molecule has 1 aliphatic rings. The highest BCUT2D eigenvalue weighted by Gasteiger charge is 2.23. The maximum atomic E-state index is 12.3. The van der Waals surface area contributed by atoms with Crippen molar-refractivity contribution in [2.45, 2.75) is 19.1 Å². The molecule has 1 saturated heterocycles. The summed E-state index contributed by atoms with van der Waals surface area (Å²) < 4.78 is 22.9. The molecule has 2 rings (SSSR count). The number of hydrogen-bond acceptors (Lipinski definition) is 2. The predicted octanol–water partition coefficient (Wildman–Crippen LogP) is 2.80. The molecule has 1 fully saturated rings. The van der Waals surface area contributed by atoms with Gasteiger partial charge in [0.05, 0.1) is 13.2 Å². The molecule has 80 valence electrons. The van der Waals surface area contributed by atoms with E-state index in [-0.39, 0.29) is 6.10 Å². The zero-order chi connectivity index (χ0) is 10.5. The zero-order valence-corrected chi connectivity index (χ0v) is 8.36. The van der Waals surface area contributed by atoms with Crippen LogP contribution in [0.5, 0.6) is 0 Å². The molecule has 3 heteroatoms. The molecule has 1 aromatic carbocycles. The molecular weight excluding hydrogens is 195 g/mol. The molecule has 1 heterocycles. The minimum Gasteiger partial charge on any atom is -0.493 e. The van der Waals surface area contributed by atoms with Crippen LogP contribution in [0.25, 0.3) is 0 Å². The quantitative estimate of drug-likeness (QED) is 0.760. The van der Waals surface area contributed by atoms with E-state index in [0.29, 0.717) is 25.3 Å². The number of hydrogen-bond donors (Lipinski definition) is 0. The van der Waals surface area contributed by atoms with E-state index in [0.717, 1.165) is 12.0 Å². The lowest BCUT2D eigenvalue weighted by Gasteiger charge is -2.10. The molecule has 0 radical (unpaired) electrons. The topological polar surface area (TPSA) is 18.5 Å². The second kappa shape index (κ2) is 4.94. The van der Waals surface area contributed by atoms with Crippen LogP contribution in [0.15, 0.2) is 42.4 Å². The van der Waals surface area contributed by atoms with Crippen molar-refractivity contribution >= 4 is 0 Å². The Kier molecular flexibility index (Phi) is 3.35. The molecule has 15 heavy (non-hydrogen) atoms. The van der Waals surface area contributed by atoms with Crippen molar-refractivity contribution in [1.82, 2.24) is 0 Å². The van der Waals surface area contributed by atoms with Gasteiger partial charge in [-0.2, -0.15) is 0 Å². The van der Waals surface area contributed by atoms with Crippen molar-refractivity contribution in [3.63, 3.8) is 0 Å². The molecule has 0 bridgehead atoms. The van der Waals surface area contributed by atoms with Gasteiger partial charge in [-0.05, 0) is 5.56 Å². The fraction of sp³-hybridized carbons (Fsp3) is 0.333. The molecule has 1 aliphatic heterocycles. The Morgan fingerprint density at radius 2 is 2.20 bits per heavy atom. The van der Waals surface area contributed by atoms with Crippen LogP contribution in [-0.4, -0.2) is 12.7 Å². The van der Waals surface area contributed by atoms with Gasteiger partial charge in [0.1, 0.15) is 12.4 Å². The van der Waals surface area contributed by atoms with E-state index in [9.17, 15) is 4.39 Å². The van der Waals surface area contributed by atoms with Crippen molar-refractivity contribution in [1.29, 1.82) is 0 Å². The Hall–Kier alpha value is -1.35. The van der Waals surface area contributed by atoms with Crippen molar-refractivity contribution in [2.24, 2.45) is 0 Å². The van der Waals surface area contributed by atoms with Gasteiger partial charge < -0.3 is 9.47 Å². The maximum Gasteiger partial charge on any atom is 0.153 e. The van der Waals surface area contributed by atoms with Crippen LogP contribution in [0.2, 0.25) is 0 Å². The molecule has 0 N–H and O–H groups in total. The molecule has 1 atom stereocenters. The van der Waals surface area contributed by atoms with E-state index >= 15 is 0 Å². The first-order valence-corrected chi connectivity index (χ1v) is 4.99. The molecule has 2 nitrogen and oxygen atoms in total. The van der Waals surface area contributed by atoms with Crippen LogP contribution in [0.1, 0.15) is 12.0 Å². The Morgan fingerprint density at radius 3 is 2.93 bits per heavy atom. The van der Waals surface area contributed by atoms with Crippen molar-refractivity contribution < 1.29 is 13.9 Å². The van der Waals surface area contributed by atoms with Crippen LogP contribution in [0.4, 0.5) is 4.39 Å². The van der Waals surface area contributed by atoms with Crippen molar-refractivity contribution in [3.05, 3.63) is 48.0 Å². The monoisotopic (exact) mass is 208 g/mol. The van der Waals surface area contributed by atoms with Crippen LogP contribution in [0, 0.1) is 0 Å². The standard InChI is InChI=1S/C12H13FO2/c13-8-12-11(6-7-14-12)15-9-10-4-2-1-3-5-10/h1-5,8,11H,6-7,9H2/t11-/m1/s1. The second-order valence-electron chi connectivity index (χ2n) is 3.43. The smallest absolute Gasteiger partial charge is 0.153 e. The van der Waals surface area contributed by atoms with E-state index < -0.39 is 0 Å². The average molecular weight is 208 g/mol.